The summed E-state index contributed by atoms with van der Waals surface area (Å²) >= 11 is 5.75. The zero-order chi connectivity index (χ0) is 11.0. The van der Waals surface area contributed by atoms with Gasteiger partial charge in [-0.15, -0.1) is 0 Å². The lowest BCUT2D eigenvalue weighted by Gasteiger charge is -2.15. The van der Waals surface area contributed by atoms with Gasteiger partial charge in [0.05, 0.1) is 12.2 Å². The largest absolute Gasteiger partial charge is 0.330 e. The first-order chi connectivity index (χ1) is 7.09. The van der Waals surface area contributed by atoms with Gasteiger partial charge in [-0.3, -0.25) is 5.41 Å². The van der Waals surface area contributed by atoms with E-state index >= 15 is 0 Å². The molecular formula is C10H10ClN3O. The van der Waals surface area contributed by atoms with E-state index in [1.807, 2.05) is 0 Å². The molecular weight excluding hydrogens is 214 g/mol. The smallest absolute Gasteiger partial charge is 0.320 e. The summed E-state index contributed by atoms with van der Waals surface area (Å²) in [7, 11) is 1.67. The Bertz CT molecular complexity index is 415. The third-order valence-electron chi connectivity index (χ3n) is 2.26. The molecule has 1 saturated heterocycles. The zero-order valence-electron chi connectivity index (χ0n) is 8.20. The molecule has 1 aliphatic heterocycles. The number of nitrogens with zero attached hydrogens (tertiary/aromatic N) is 2. The quantitative estimate of drug-likeness (QED) is 0.780. The van der Waals surface area contributed by atoms with Crippen molar-refractivity contribution in [3.63, 3.8) is 0 Å². The third-order valence-corrected chi connectivity index (χ3v) is 2.51. The molecule has 0 saturated carbocycles. The molecule has 78 valence electrons. The van der Waals surface area contributed by atoms with Crippen LogP contribution in [0.3, 0.4) is 0 Å². The maximum Gasteiger partial charge on any atom is 0.330 e. The second-order valence-corrected chi connectivity index (χ2v) is 3.83. The lowest BCUT2D eigenvalue weighted by atomic mass is 10.3. The molecule has 0 aliphatic carbocycles. The molecule has 4 nitrogen and oxygen atoms in total. The molecule has 1 aromatic rings. The Morgan fingerprint density at radius 1 is 1.33 bits per heavy atom. The average Bonchev–Trinajstić information content (AvgIpc) is 2.44. The maximum atomic E-state index is 11.7. The molecule has 0 atom stereocenters. The summed E-state index contributed by atoms with van der Waals surface area (Å²) in [5.41, 5.74) is 0.679. The molecule has 1 N–H and O–H groups in total. The van der Waals surface area contributed by atoms with Gasteiger partial charge in [-0.05, 0) is 24.3 Å². The van der Waals surface area contributed by atoms with E-state index in [4.69, 9.17) is 17.0 Å². The normalized spacial score (nSPS) is 16.4. The van der Waals surface area contributed by atoms with E-state index in [1.54, 1.807) is 31.3 Å². The van der Waals surface area contributed by atoms with Crippen LogP contribution in [0.2, 0.25) is 5.02 Å². The van der Waals surface area contributed by atoms with Gasteiger partial charge in [0.15, 0.2) is 0 Å². The molecule has 0 aromatic heterocycles. The fraction of sp³-hybridized carbons (Fsp3) is 0.200. The minimum atomic E-state index is -0.178. The van der Waals surface area contributed by atoms with Gasteiger partial charge in [0, 0.05) is 12.1 Å². The highest BCUT2D eigenvalue weighted by atomic mass is 35.5. The van der Waals surface area contributed by atoms with Crippen LogP contribution in [0.25, 0.3) is 0 Å². The van der Waals surface area contributed by atoms with Crippen LogP contribution in [0, 0.1) is 5.41 Å². The highest BCUT2D eigenvalue weighted by Crippen LogP contribution is 2.22. The molecule has 2 amide bonds. The summed E-state index contributed by atoms with van der Waals surface area (Å²) in [6, 6.07) is 6.69. The van der Waals surface area contributed by atoms with Gasteiger partial charge in [-0.2, -0.15) is 0 Å². The molecule has 0 spiro atoms. The Balaban J connectivity index is 2.35. The highest BCUT2D eigenvalue weighted by molar-refractivity contribution is 6.30. The molecule has 1 heterocycles. The number of amidine groups is 1. The number of amides is 2. The van der Waals surface area contributed by atoms with Crippen LogP contribution in [0.1, 0.15) is 0 Å². The van der Waals surface area contributed by atoms with Crippen molar-refractivity contribution in [3.05, 3.63) is 29.3 Å². The Labute approximate surface area is 92.6 Å². The van der Waals surface area contributed by atoms with E-state index in [0.717, 1.165) is 0 Å². The Morgan fingerprint density at radius 2 is 1.93 bits per heavy atom. The van der Waals surface area contributed by atoms with E-state index in [9.17, 15) is 4.79 Å². The number of rotatable bonds is 1. The molecule has 15 heavy (non-hydrogen) atoms. The van der Waals surface area contributed by atoms with Crippen molar-refractivity contribution in [2.45, 2.75) is 0 Å². The van der Waals surface area contributed by atoms with Crippen LogP contribution in [-0.2, 0) is 0 Å². The Morgan fingerprint density at radius 3 is 2.40 bits per heavy atom. The van der Waals surface area contributed by atoms with Crippen LogP contribution in [-0.4, -0.2) is 30.4 Å². The second kappa shape index (κ2) is 3.55. The van der Waals surface area contributed by atoms with Crippen LogP contribution < -0.4 is 4.90 Å². The van der Waals surface area contributed by atoms with E-state index in [0.29, 0.717) is 17.3 Å². The molecule has 5 heteroatoms. The maximum absolute atomic E-state index is 11.7. The van der Waals surface area contributed by atoms with Gasteiger partial charge in [-0.1, -0.05) is 11.6 Å². The molecule has 1 fully saturated rings. The lowest BCUT2D eigenvalue weighted by Crippen LogP contribution is -2.31. The third kappa shape index (κ3) is 1.68. The average molecular weight is 224 g/mol. The standard InChI is InChI=1S/C10H10ClN3O/c1-13-6-9(12)14(10(13)15)8-4-2-7(11)3-5-8/h2-5,12H,6H2,1H3. The zero-order valence-corrected chi connectivity index (χ0v) is 8.95. The number of urea groups is 1. The summed E-state index contributed by atoms with van der Waals surface area (Å²) < 4.78 is 0. The number of halogens is 1. The number of likely N-dealkylation sites (N-methyl/N-ethyl adjacent to an activating group) is 1. The summed E-state index contributed by atoms with van der Waals surface area (Å²) in [4.78, 5) is 14.5. The SMILES string of the molecule is CN1CC(=N)N(c2ccc(Cl)cc2)C1=O. The van der Waals surface area contributed by atoms with Crippen molar-refractivity contribution in [2.24, 2.45) is 0 Å². The number of benzene rings is 1. The minimum absolute atomic E-state index is 0.178. The lowest BCUT2D eigenvalue weighted by molar-refractivity contribution is 0.229. The topological polar surface area (TPSA) is 47.4 Å². The minimum Gasteiger partial charge on any atom is -0.320 e. The number of carbonyl (C=O) groups excluding carboxylic acids is 1. The van der Waals surface area contributed by atoms with Crippen molar-refractivity contribution in [2.75, 3.05) is 18.5 Å². The summed E-state index contributed by atoms with van der Waals surface area (Å²) in [6.07, 6.45) is 0. The molecule has 0 unspecified atom stereocenters. The van der Waals surface area contributed by atoms with E-state index in [2.05, 4.69) is 0 Å². The predicted octanol–water partition coefficient (Wildman–Crippen LogP) is 2.19. The number of hydrogen-bond acceptors (Lipinski definition) is 2. The number of nitrogens with one attached hydrogen (secondary N) is 1. The van der Waals surface area contributed by atoms with Gasteiger partial charge in [0.25, 0.3) is 0 Å². The number of carbonyl (C=O) groups is 1. The predicted molar refractivity (Wildman–Crippen MR) is 59.7 cm³/mol. The Kier molecular flexibility index (Phi) is 2.36. The fourth-order valence-electron chi connectivity index (χ4n) is 1.51. The van der Waals surface area contributed by atoms with Crippen molar-refractivity contribution in [1.82, 2.24) is 4.90 Å². The van der Waals surface area contributed by atoms with Gasteiger partial charge in [0.1, 0.15) is 5.84 Å². The summed E-state index contributed by atoms with van der Waals surface area (Å²) in [6.45, 7) is 0.349. The van der Waals surface area contributed by atoms with Gasteiger partial charge < -0.3 is 4.90 Å². The first kappa shape index (κ1) is 9.98. The second-order valence-electron chi connectivity index (χ2n) is 3.40. The van der Waals surface area contributed by atoms with Gasteiger partial charge >= 0.3 is 6.03 Å². The summed E-state index contributed by atoms with van der Waals surface area (Å²) in [5, 5.41) is 8.30. The van der Waals surface area contributed by atoms with Crippen molar-refractivity contribution >= 4 is 29.2 Å². The molecule has 0 bridgehead atoms. The van der Waals surface area contributed by atoms with Crippen LogP contribution in [0.15, 0.2) is 24.3 Å². The number of anilines is 1. The van der Waals surface area contributed by atoms with Gasteiger partial charge in [-0.25, -0.2) is 9.69 Å². The first-order valence-corrected chi connectivity index (χ1v) is 4.85. The van der Waals surface area contributed by atoms with Crippen molar-refractivity contribution < 1.29 is 4.79 Å². The first-order valence-electron chi connectivity index (χ1n) is 4.48. The van der Waals surface area contributed by atoms with Crippen molar-refractivity contribution in [1.29, 1.82) is 5.41 Å². The molecule has 0 radical (unpaired) electrons. The van der Waals surface area contributed by atoms with E-state index < -0.39 is 0 Å². The van der Waals surface area contributed by atoms with Crippen LogP contribution in [0.4, 0.5) is 10.5 Å². The molecule has 2 rings (SSSR count). The summed E-state index contributed by atoms with van der Waals surface area (Å²) in [5.74, 6) is 0.282. The monoisotopic (exact) mass is 223 g/mol. The van der Waals surface area contributed by atoms with Gasteiger partial charge in [0.2, 0.25) is 0 Å². The van der Waals surface area contributed by atoms with E-state index in [1.165, 1.54) is 9.80 Å². The number of hydrogen-bond donors (Lipinski definition) is 1. The van der Waals surface area contributed by atoms with Crippen LogP contribution >= 0.6 is 11.6 Å². The fourth-order valence-corrected chi connectivity index (χ4v) is 1.63. The molecule has 1 aliphatic rings. The van der Waals surface area contributed by atoms with Crippen molar-refractivity contribution in [3.8, 4) is 0 Å². The van der Waals surface area contributed by atoms with E-state index in [-0.39, 0.29) is 11.9 Å². The Hall–Kier alpha value is -1.55. The molecule has 1 aromatic carbocycles. The highest BCUT2D eigenvalue weighted by Gasteiger charge is 2.31. The van der Waals surface area contributed by atoms with Crippen LogP contribution in [0.5, 0.6) is 0 Å².